The smallest absolute Gasteiger partial charge is 0.338 e. The number of esters is 1. The first-order valence-corrected chi connectivity index (χ1v) is 15.6. The van der Waals surface area contributed by atoms with Crippen LogP contribution in [0.25, 0.3) is 0 Å². The third-order valence-corrected chi connectivity index (χ3v) is 9.47. The van der Waals surface area contributed by atoms with Gasteiger partial charge in [-0.05, 0) is 51.3 Å². The highest BCUT2D eigenvalue weighted by molar-refractivity contribution is 7.11. The zero-order valence-corrected chi connectivity index (χ0v) is 26.6. The number of ether oxygens (including phenoxy) is 1. The summed E-state index contributed by atoms with van der Waals surface area (Å²) in [6.07, 6.45) is 1.55. The SMILES string of the molecule is CCOC(=O)C1=C(CN2CC(F)(F)[C@@H]3[C@H]2CN(C(N)=O)N3CCC(C)(C)C(=O)O)NC(c2nccs2)=N[C@H]1c1cccc(F)c1C. The number of aliphatic carboxylic acids is 1. The van der Waals surface area contributed by atoms with Crippen molar-refractivity contribution in [2.75, 3.05) is 32.8 Å². The van der Waals surface area contributed by atoms with Gasteiger partial charge in [0.05, 0.1) is 36.7 Å². The van der Waals surface area contributed by atoms with Gasteiger partial charge in [-0.3, -0.25) is 19.7 Å². The van der Waals surface area contributed by atoms with Crippen LogP contribution in [0.15, 0.2) is 46.0 Å². The summed E-state index contributed by atoms with van der Waals surface area (Å²) in [5, 5.41) is 17.1. The molecule has 16 heteroatoms. The molecule has 0 bridgehead atoms. The number of carbonyl (C=O) groups excluding carboxylic acids is 2. The number of benzene rings is 1. The van der Waals surface area contributed by atoms with Crippen molar-refractivity contribution in [1.29, 1.82) is 0 Å². The summed E-state index contributed by atoms with van der Waals surface area (Å²) in [6, 6.07) is 0.0404. The van der Waals surface area contributed by atoms with Crippen molar-refractivity contribution in [3.63, 3.8) is 0 Å². The summed E-state index contributed by atoms with van der Waals surface area (Å²) in [7, 11) is 0. The number of carbonyl (C=O) groups is 3. The van der Waals surface area contributed by atoms with Crippen LogP contribution in [0.2, 0.25) is 0 Å². The minimum atomic E-state index is -3.34. The minimum Gasteiger partial charge on any atom is -0.481 e. The molecule has 2 aromatic rings. The molecular formula is C30H36F3N7O5S. The van der Waals surface area contributed by atoms with Gasteiger partial charge in [0.2, 0.25) is 0 Å². The fourth-order valence-corrected chi connectivity index (χ4v) is 6.73. The Kier molecular flexibility index (Phi) is 9.16. The van der Waals surface area contributed by atoms with Gasteiger partial charge in [0.1, 0.15) is 17.9 Å². The first-order chi connectivity index (χ1) is 21.7. The van der Waals surface area contributed by atoms with E-state index in [1.807, 2.05) is 0 Å². The summed E-state index contributed by atoms with van der Waals surface area (Å²) < 4.78 is 52.0. The van der Waals surface area contributed by atoms with E-state index in [0.717, 1.165) is 5.01 Å². The number of nitrogens with two attached hydrogens (primary N) is 1. The summed E-state index contributed by atoms with van der Waals surface area (Å²) >= 11 is 1.27. The number of nitrogens with zero attached hydrogens (tertiary/aromatic N) is 5. The average molecular weight is 664 g/mol. The molecule has 0 saturated carbocycles. The first kappa shape index (κ1) is 33.3. The van der Waals surface area contributed by atoms with E-state index in [1.165, 1.54) is 47.2 Å². The lowest BCUT2D eigenvalue weighted by atomic mass is 9.89. The number of likely N-dealkylation sites (tertiary alicyclic amines) is 1. The number of hydrogen-bond donors (Lipinski definition) is 3. The van der Waals surface area contributed by atoms with Crippen molar-refractivity contribution < 1.29 is 37.4 Å². The number of alkyl halides is 2. The first-order valence-electron chi connectivity index (χ1n) is 14.7. The van der Waals surface area contributed by atoms with Crippen molar-refractivity contribution in [3.8, 4) is 0 Å². The maximum atomic E-state index is 15.9. The monoisotopic (exact) mass is 663 g/mol. The van der Waals surface area contributed by atoms with Crippen LogP contribution in [-0.2, 0) is 14.3 Å². The van der Waals surface area contributed by atoms with Crippen molar-refractivity contribution in [1.82, 2.24) is 25.2 Å². The Bertz CT molecular complexity index is 1580. The number of thiazole rings is 1. The quantitative estimate of drug-likeness (QED) is 0.325. The molecule has 0 spiro atoms. The van der Waals surface area contributed by atoms with Crippen LogP contribution >= 0.6 is 11.3 Å². The van der Waals surface area contributed by atoms with E-state index in [1.54, 1.807) is 31.5 Å². The zero-order chi connectivity index (χ0) is 33.6. The number of hydrazine groups is 1. The van der Waals surface area contributed by atoms with Crippen molar-refractivity contribution >= 4 is 35.1 Å². The Balaban J connectivity index is 1.56. The van der Waals surface area contributed by atoms with Gasteiger partial charge >= 0.3 is 18.0 Å². The predicted octanol–water partition coefficient (Wildman–Crippen LogP) is 3.30. The van der Waals surface area contributed by atoms with Crippen molar-refractivity contribution in [3.05, 3.63) is 63.0 Å². The van der Waals surface area contributed by atoms with Crippen LogP contribution in [0.4, 0.5) is 18.0 Å². The number of fused-ring (bicyclic) bond motifs is 1. The van der Waals surface area contributed by atoms with E-state index in [0.29, 0.717) is 10.6 Å². The van der Waals surface area contributed by atoms with Gasteiger partial charge in [-0.15, -0.1) is 11.3 Å². The van der Waals surface area contributed by atoms with E-state index in [4.69, 9.17) is 15.5 Å². The fraction of sp³-hybridized carbons (Fsp3) is 0.500. The molecule has 2 fully saturated rings. The molecule has 2 amide bonds. The Morgan fingerprint density at radius 1 is 1.28 bits per heavy atom. The number of hydrogen-bond acceptors (Lipinski definition) is 10. The normalized spacial score (nSPS) is 23.2. The molecule has 248 valence electrons. The van der Waals surface area contributed by atoms with Gasteiger partial charge in [-0.1, -0.05) is 12.1 Å². The van der Waals surface area contributed by atoms with Crippen LogP contribution in [-0.4, -0.2) is 99.6 Å². The number of carboxylic acid groups (broad SMARTS) is 1. The highest BCUT2D eigenvalue weighted by Crippen LogP contribution is 2.43. The highest BCUT2D eigenvalue weighted by Gasteiger charge is 2.62. The molecule has 3 atom stereocenters. The molecule has 0 radical (unpaired) electrons. The number of urea groups is 1. The van der Waals surface area contributed by atoms with Gasteiger partial charge in [0.15, 0.2) is 10.8 Å². The number of aromatic nitrogens is 1. The largest absolute Gasteiger partial charge is 0.481 e. The van der Waals surface area contributed by atoms with Crippen LogP contribution in [0.5, 0.6) is 0 Å². The molecule has 1 aromatic heterocycles. The minimum absolute atomic E-state index is 0.0204. The zero-order valence-electron chi connectivity index (χ0n) is 25.8. The molecule has 0 unspecified atom stereocenters. The summed E-state index contributed by atoms with van der Waals surface area (Å²) in [5.41, 5.74) is 5.29. The summed E-state index contributed by atoms with van der Waals surface area (Å²) in [6.45, 7) is 4.92. The number of amidine groups is 1. The third-order valence-electron chi connectivity index (χ3n) is 8.69. The van der Waals surface area contributed by atoms with E-state index < -0.39 is 59.8 Å². The third kappa shape index (κ3) is 6.20. The number of nitrogens with one attached hydrogen (secondary N) is 1. The Morgan fingerprint density at radius 3 is 2.65 bits per heavy atom. The second kappa shape index (κ2) is 12.6. The molecule has 2 saturated heterocycles. The van der Waals surface area contributed by atoms with Crippen LogP contribution in [0, 0.1) is 18.2 Å². The van der Waals surface area contributed by atoms with E-state index in [-0.39, 0.29) is 55.3 Å². The van der Waals surface area contributed by atoms with Gasteiger partial charge in [-0.25, -0.2) is 32.8 Å². The van der Waals surface area contributed by atoms with Gasteiger partial charge in [-0.2, -0.15) is 0 Å². The van der Waals surface area contributed by atoms with Crippen LogP contribution < -0.4 is 11.1 Å². The molecule has 0 aliphatic carbocycles. The number of rotatable bonds is 10. The van der Waals surface area contributed by atoms with E-state index in [2.05, 4.69) is 10.3 Å². The topological polar surface area (TPSA) is 154 Å². The van der Waals surface area contributed by atoms with Crippen LogP contribution in [0.3, 0.4) is 0 Å². The summed E-state index contributed by atoms with van der Waals surface area (Å²) in [4.78, 5) is 48.2. The number of primary amides is 1. The average Bonchev–Trinajstić information content (AvgIpc) is 3.71. The number of carboxylic acids is 1. The Hall–Kier alpha value is -4.02. The maximum absolute atomic E-state index is 15.9. The maximum Gasteiger partial charge on any atom is 0.338 e. The lowest BCUT2D eigenvalue weighted by Gasteiger charge is -2.34. The molecule has 4 heterocycles. The second-order valence-corrected chi connectivity index (χ2v) is 13.0. The standard InChI is InChI=1S/C30H36F3N7O5S/c1-5-45-26(41)21-19(36-24(25-35-10-12-46-25)37-22(21)17-7-6-8-18(31)16(17)2)13-38-15-30(32,33)23-20(38)14-40(28(34)44)39(23)11-9-29(3,4)27(42)43/h6-8,10,12,20,22-23H,5,9,11,13-15H2,1-4H3,(H2,34,44)(H,36,37)(H,42,43)/t20-,22+,23+/m1/s1. The van der Waals surface area contributed by atoms with Gasteiger partial charge in [0.25, 0.3) is 5.92 Å². The lowest BCUT2D eigenvalue weighted by molar-refractivity contribution is -0.148. The van der Waals surface area contributed by atoms with Crippen molar-refractivity contribution in [2.24, 2.45) is 16.1 Å². The molecule has 1 aromatic carbocycles. The van der Waals surface area contributed by atoms with Crippen LogP contribution in [0.1, 0.15) is 49.4 Å². The summed E-state index contributed by atoms with van der Waals surface area (Å²) in [5.74, 6) is -5.41. The molecule has 46 heavy (non-hydrogen) atoms. The lowest BCUT2D eigenvalue weighted by Crippen LogP contribution is -2.53. The second-order valence-electron chi connectivity index (χ2n) is 12.1. The number of halogens is 3. The molecule has 4 N–H and O–H groups in total. The molecular weight excluding hydrogens is 627 g/mol. The van der Waals surface area contributed by atoms with Crippen molar-refractivity contribution in [2.45, 2.75) is 58.2 Å². The molecule has 3 aliphatic heterocycles. The number of aliphatic imine (C=N–C) groups is 1. The number of amides is 2. The van der Waals surface area contributed by atoms with E-state index in [9.17, 15) is 23.9 Å². The Morgan fingerprint density at radius 2 is 2.02 bits per heavy atom. The molecule has 3 aliphatic rings. The molecule has 12 nitrogen and oxygen atoms in total. The predicted molar refractivity (Wildman–Crippen MR) is 162 cm³/mol. The fourth-order valence-electron chi connectivity index (χ4n) is 6.14. The molecule has 5 rings (SSSR count). The van der Waals surface area contributed by atoms with Gasteiger partial charge in [0, 0.05) is 30.4 Å². The van der Waals surface area contributed by atoms with Gasteiger partial charge < -0.3 is 20.9 Å². The Labute approximate surface area is 267 Å². The highest BCUT2D eigenvalue weighted by atomic mass is 32.1. The van der Waals surface area contributed by atoms with E-state index >= 15 is 8.78 Å².